The van der Waals surface area contributed by atoms with Crippen LogP contribution >= 0.6 is 0 Å². The van der Waals surface area contributed by atoms with E-state index in [1.165, 1.54) is 18.8 Å². The van der Waals surface area contributed by atoms with E-state index in [0.717, 1.165) is 51.5 Å². The second-order valence-corrected chi connectivity index (χ2v) is 6.94. The number of hydrogen-bond acceptors (Lipinski definition) is 5. The molecule has 0 bridgehead atoms. The van der Waals surface area contributed by atoms with Crippen molar-refractivity contribution in [3.8, 4) is 0 Å². The van der Waals surface area contributed by atoms with Gasteiger partial charge in [-0.2, -0.15) is 0 Å². The van der Waals surface area contributed by atoms with E-state index in [4.69, 9.17) is 4.74 Å². The van der Waals surface area contributed by atoms with Gasteiger partial charge in [0.05, 0.1) is 24.6 Å². The molecule has 0 aliphatic carbocycles. The molecule has 2 saturated heterocycles. The number of hydrogen-bond donors (Lipinski definition) is 0. The Labute approximate surface area is 137 Å². The minimum absolute atomic E-state index is 0.344. The second kappa shape index (κ2) is 7.53. The summed E-state index contributed by atoms with van der Waals surface area (Å²) in [6.07, 6.45) is 6.75. The second-order valence-electron chi connectivity index (χ2n) is 6.94. The van der Waals surface area contributed by atoms with Crippen molar-refractivity contribution in [1.29, 1.82) is 0 Å². The van der Waals surface area contributed by atoms with Crippen LogP contribution in [0.5, 0.6) is 0 Å². The van der Waals surface area contributed by atoms with E-state index in [-0.39, 0.29) is 5.82 Å². The molecule has 6 heteroatoms. The lowest BCUT2D eigenvalue weighted by Gasteiger charge is -2.37. The molecule has 2 aliphatic heterocycles. The third-order valence-corrected chi connectivity index (χ3v) is 4.85. The van der Waals surface area contributed by atoms with Crippen molar-refractivity contribution in [3.63, 3.8) is 0 Å². The molecule has 23 heavy (non-hydrogen) atoms. The molecule has 1 aromatic heterocycles. The minimum atomic E-state index is -0.377. The molecule has 3 rings (SSSR count). The third-order valence-electron chi connectivity index (χ3n) is 4.85. The van der Waals surface area contributed by atoms with Crippen molar-refractivity contribution in [2.45, 2.75) is 45.3 Å². The number of rotatable bonds is 4. The van der Waals surface area contributed by atoms with Crippen molar-refractivity contribution in [2.75, 3.05) is 37.6 Å². The van der Waals surface area contributed by atoms with Gasteiger partial charge in [0.1, 0.15) is 0 Å². The number of nitrogens with zero attached hydrogens (tertiary/aromatic N) is 4. The predicted octanol–water partition coefficient (Wildman–Crippen LogP) is 2.33. The molecular weight excluding hydrogens is 295 g/mol. The van der Waals surface area contributed by atoms with Crippen LogP contribution in [-0.4, -0.2) is 59.8 Å². The first-order valence-corrected chi connectivity index (χ1v) is 8.70. The fourth-order valence-corrected chi connectivity index (χ4v) is 3.72. The molecule has 2 fully saturated rings. The molecule has 0 unspecified atom stereocenters. The number of morpholine rings is 1. The van der Waals surface area contributed by atoms with E-state index in [0.29, 0.717) is 18.2 Å². The average Bonchev–Trinajstić information content (AvgIpc) is 2.53. The van der Waals surface area contributed by atoms with Gasteiger partial charge in [-0.1, -0.05) is 0 Å². The zero-order chi connectivity index (χ0) is 16.2. The van der Waals surface area contributed by atoms with Gasteiger partial charge in [0.25, 0.3) is 0 Å². The first-order valence-electron chi connectivity index (χ1n) is 8.70. The van der Waals surface area contributed by atoms with Gasteiger partial charge >= 0.3 is 0 Å². The topological polar surface area (TPSA) is 41.5 Å². The van der Waals surface area contributed by atoms with Crippen molar-refractivity contribution >= 4 is 5.95 Å². The minimum Gasteiger partial charge on any atom is -0.373 e. The first-order chi connectivity index (χ1) is 11.1. The molecule has 0 saturated carbocycles. The van der Waals surface area contributed by atoms with Crippen LogP contribution in [0.3, 0.4) is 0 Å². The Hall–Kier alpha value is -1.27. The maximum atomic E-state index is 12.9. The van der Waals surface area contributed by atoms with Crippen molar-refractivity contribution in [3.05, 3.63) is 18.2 Å². The molecule has 0 amide bonds. The van der Waals surface area contributed by atoms with Crippen molar-refractivity contribution < 1.29 is 9.13 Å². The van der Waals surface area contributed by atoms with Crippen LogP contribution in [0.4, 0.5) is 10.3 Å². The average molecular weight is 322 g/mol. The molecule has 128 valence electrons. The molecule has 2 aliphatic rings. The Balaban J connectivity index is 1.41. The van der Waals surface area contributed by atoms with E-state index in [9.17, 15) is 4.39 Å². The predicted molar refractivity (Wildman–Crippen MR) is 88.0 cm³/mol. The number of halogens is 1. The maximum Gasteiger partial charge on any atom is 0.225 e. The number of piperidine rings is 1. The van der Waals surface area contributed by atoms with Gasteiger partial charge in [-0.25, -0.2) is 14.4 Å². The summed E-state index contributed by atoms with van der Waals surface area (Å²) in [6.45, 7) is 9.50. The molecule has 2 atom stereocenters. The standard InChI is InChI=1S/C17H27FN4O/c1-13-11-21(12-14(2)23-13)6-3-15-4-7-22(8-5-15)17-19-9-16(18)10-20-17/h9-10,13-15H,3-8,11-12H2,1-2H3/t13-,14-/m0/s1. The molecule has 5 nitrogen and oxygen atoms in total. The molecule has 0 N–H and O–H groups in total. The molecule has 0 aromatic carbocycles. The lowest BCUT2D eigenvalue weighted by atomic mass is 9.93. The molecule has 0 radical (unpaired) electrons. The summed E-state index contributed by atoms with van der Waals surface area (Å²) in [5.74, 6) is 1.04. The largest absolute Gasteiger partial charge is 0.373 e. The van der Waals surface area contributed by atoms with Gasteiger partial charge in [-0.3, -0.25) is 4.90 Å². The Kier molecular flexibility index (Phi) is 5.43. The normalized spacial score (nSPS) is 27.3. The summed E-state index contributed by atoms with van der Waals surface area (Å²) in [5, 5.41) is 0. The monoisotopic (exact) mass is 322 g/mol. The summed E-state index contributed by atoms with van der Waals surface area (Å²) < 4.78 is 18.7. The van der Waals surface area contributed by atoms with Gasteiger partial charge < -0.3 is 9.64 Å². The van der Waals surface area contributed by atoms with Crippen LogP contribution in [0, 0.1) is 11.7 Å². The van der Waals surface area contributed by atoms with Gasteiger partial charge in [-0.15, -0.1) is 0 Å². The van der Waals surface area contributed by atoms with Crippen molar-refractivity contribution in [2.24, 2.45) is 5.92 Å². The van der Waals surface area contributed by atoms with Gasteiger partial charge in [-0.05, 0) is 45.6 Å². The zero-order valence-electron chi connectivity index (χ0n) is 14.1. The Morgan fingerprint density at radius 2 is 1.74 bits per heavy atom. The number of anilines is 1. The highest BCUT2D eigenvalue weighted by atomic mass is 19.1. The van der Waals surface area contributed by atoms with Crippen LogP contribution in [0.15, 0.2) is 12.4 Å². The lowest BCUT2D eigenvalue weighted by Crippen LogP contribution is -2.46. The summed E-state index contributed by atoms with van der Waals surface area (Å²) in [4.78, 5) is 12.9. The third kappa shape index (κ3) is 4.61. The van der Waals surface area contributed by atoms with Gasteiger partial charge in [0.15, 0.2) is 5.82 Å². The Bertz CT molecular complexity index is 480. The van der Waals surface area contributed by atoms with Crippen LogP contribution in [0.2, 0.25) is 0 Å². The zero-order valence-corrected chi connectivity index (χ0v) is 14.1. The molecule has 0 spiro atoms. The van der Waals surface area contributed by atoms with E-state index >= 15 is 0 Å². The summed E-state index contributed by atoms with van der Waals surface area (Å²) in [6, 6.07) is 0. The fraction of sp³-hybridized carbons (Fsp3) is 0.765. The summed E-state index contributed by atoms with van der Waals surface area (Å²) >= 11 is 0. The highest BCUT2D eigenvalue weighted by Gasteiger charge is 2.25. The van der Waals surface area contributed by atoms with Gasteiger partial charge in [0.2, 0.25) is 5.95 Å². The quantitative estimate of drug-likeness (QED) is 0.851. The smallest absolute Gasteiger partial charge is 0.225 e. The Morgan fingerprint density at radius 1 is 1.13 bits per heavy atom. The van der Waals surface area contributed by atoms with E-state index < -0.39 is 0 Å². The van der Waals surface area contributed by atoms with Crippen LogP contribution < -0.4 is 4.90 Å². The highest BCUT2D eigenvalue weighted by Crippen LogP contribution is 2.24. The van der Waals surface area contributed by atoms with Crippen LogP contribution in [0.1, 0.15) is 33.1 Å². The number of ether oxygens (including phenoxy) is 1. The maximum absolute atomic E-state index is 12.9. The lowest BCUT2D eigenvalue weighted by molar-refractivity contribution is -0.0690. The first kappa shape index (κ1) is 16.6. The van der Waals surface area contributed by atoms with Crippen molar-refractivity contribution in [1.82, 2.24) is 14.9 Å². The summed E-state index contributed by atoms with van der Waals surface area (Å²) in [5.41, 5.74) is 0. The fourth-order valence-electron chi connectivity index (χ4n) is 3.72. The molecule has 3 heterocycles. The molecule has 1 aromatic rings. The molecular formula is C17H27FN4O. The van der Waals surface area contributed by atoms with E-state index in [2.05, 4.69) is 33.6 Å². The Morgan fingerprint density at radius 3 is 2.35 bits per heavy atom. The summed E-state index contributed by atoms with van der Waals surface area (Å²) in [7, 11) is 0. The van der Waals surface area contributed by atoms with Gasteiger partial charge in [0, 0.05) is 26.2 Å². The SMILES string of the molecule is C[C@H]1CN(CCC2CCN(c3ncc(F)cn3)CC2)C[C@H](C)O1. The van der Waals surface area contributed by atoms with Crippen LogP contribution in [0.25, 0.3) is 0 Å². The van der Waals surface area contributed by atoms with Crippen LogP contribution in [-0.2, 0) is 4.74 Å². The van der Waals surface area contributed by atoms with E-state index in [1.54, 1.807) is 0 Å². The number of aromatic nitrogens is 2. The highest BCUT2D eigenvalue weighted by molar-refractivity contribution is 5.29. The van der Waals surface area contributed by atoms with E-state index in [1.807, 2.05) is 0 Å².